The zero-order valence-electron chi connectivity index (χ0n) is 23.7. The van der Waals surface area contributed by atoms with E-state index < -0.39 is 16.4 Å². The van der Waals surface area contributed by atoms with Crippen molar-refractivity contribution >= 4 is 34.5 Å². The van der Waals surface area contributed by atoms with Gasteiger partial charge in [0.15, 0.2) is 11.5 Å². The van der Waals surface area contributed by atoms with E-state index >= 15 is 0 Å². The Balaban J connectivity index is 1.59. The largest absolute Gasteiger partial charge is 0.506 e. The van der Waals surface area contributed by atoms with Crippen LogP contribution in [0.25, 0.3) is 17.0 Å². The van der Waals surface area contributed by atoms with Crippen LogP contribution in [0.1, 0.15) is 66.0 Å². The van der Waals surface area contributed by atoms with Crippen LogP contribution >= 0.6 is 0 Å². The summed E-state index contributed by atoms with van der Waals surface area (Å²) in [7, 11) is 0. The molecule has 0 fully saturated rings. The van der Waals surface area contributed by atoms with Crippen molar-refractivity contribution in [3.63, 3.8) is 0 Å². The highest BCUT2D eigenvalue weighted by Crippen LogP contribution is 2.37. The minimum absolute atomic E-state index is 0.0459. The molecule has 2 heterocycles. The van der Waals surface area contributed by atoms with E-state index in [9.17, 15) is 20.0 Å². The van der Waals surface area contributed by atoms with Crippen molar-refractivity contribution in [2.45, 2.75) is 71.8 Å². The molecule has 3 N–H and O–H groups in total. The number of carbonyl (C=O) groups is 1. The van der Waals surface area contributed by atoms with Gasteiger partial charge in [0.1, 0.15) is 17.5 Å². The molecule has 1 atom stereocenters. The van der Waals surface area contributed by atoms with Gasteiger partial charge in [0.25, 0.3) is 5.69 Å². The summed E-state index contributed by atoms with van der Waals surface area (Å²) in [6, 6.07) is 10.6. The number of nitro benzene ring substituents is 1. The van der Waals surface area contributed by atoms with Crippen molar-refractivity contribution in [3.05, 3.63) is 58.3 Å². The van der Waals surface area contributed by atoms with Gasteiger partial charge in [0.2, 0.25) is 5.65 Å². The maximum atomic E-state index is 12.3. The minimum atomic E-state index is -0.572. The number of aromatic hydroxyl groups is 1. The number of non-ortho nitro benzene ring substituents is 1. The number of fused-ring (bicyclic) bond motifs is 1. The summed E-state index contributed by atoms with van der Waals surface area (Å²) in [4.78, 5) is 27.6. The Morgan fingerprint density at radius 1 is 1.20 bits per heavy atom. The lowest BCUT2D eigenvalue weighted by Crippen LogP contribution is -2.22. The number of amides is 1. The molecule has 13 nitrogen and oxygen atoms in total. The number of hydrogen-bond donors (Lipinski definition) is 3. The molecule has 41 heavy (non-hydrogen) atoms. The molecule has 4 rings (SSSR count). The molecule has 0 aliphatic carbocycles. The highest BCUT2D eigenvalue weighted by Gasteiger charge is 2.26. The number of azo groups is 1. The lowest BCUT2D eigenvalue weighted by atomic mass is 9.91. The number of rotatable bonds is 10. The molecule has 0 aliphatic rings. The molecule has 2 aromatic heterocycles. The maximum absolute atomic E-state index is 12.3. The third-order valence-electron chi connectivity index (χ3n) is 6.45. The molecular weight excluding hydrogens is 528 g/mol. The van der Waals surface area contributed by atoms with Crippen molar-refractivity contribution in [2.24, 2.45) is 10.2 Å². The maximum Gasteiger partial charge on any atom is 0.411 e. The van der Waals surface area contributed by atoms with Gasteiger partial charge in [-0.25, -0.2) is 9.78 Å². The zero-order valence-corrected chi connectivity index (χ0v) is 23.7. The first-order valence-corrected chi connectivity index (χ1v) is 13.5. The average Bonchev–Trinajstić information content (AvgIpc) is 3.49. The van der Waals surface area contributed by atoms with Crippen LogP contribution in [0, 0.1) is 10.1 Å². The molecule has 0 aliphatic heterocycles. The third kappa shape index (κ3) is 6.86. The van der Waals surface area contributed by atoms with Crippen LogP contribution in [0.5, 0.6) is 5.75 Å². The second-order valence-electron chi connectivity index (χ2n) is 10.7. The zero-order chi connectivity index (χ0) is 29.7. The van der Waals surface area contributed by atoms with Crippen LogP contribution in [0.15, 0.2) is 52.7 Å². The molecule has 2 aromatic carbocycles. The topological polar surface area (TPSA) is 172 Å². The summed E-state index contributed by atoms with van der Waals surface area (Å²) < 4.78 is 7.02. The number of aromatic amines is 1. The Bertz CT molecular complexity index is 1570. The van der Waals surface area contributed by atoms with Crippen LogP contribution in [-0.4, -0.2) is 42.0 Å². The Hall–Kier alpha value is -4.81. The van der Waals surface area contributed by atoms with E-state index in [2.05, 4.69) is 37.7 Å². The van der Waals surface area contributed by atoms with E-state index in [1.165, 1.54) is 16.8 Å². The predicted molar refractivity (Wildman–Crippen MR) is 154 cm³/mol. The van der Waals surface area contributed by atoms with Crippen LogP contribution in [0.2, 0.25) is 0 Å². The van der Waals surface area contributed by atoms with E-state index in [0.717, 1.165) is 31.7 Å². The van der Waals surface area contributed by atoms with E-state index in [4.69, 9.17) is 4.74 Å². The molecule has 0 saturated carbocycles. The minimum Gasteiger partial charge on any atom is -0.506 e. The fraction of sp³-hybridized carbons (Fsp3) is 0.393. The quantitative estimate of drug-likeness (QED) is 0.101. The first kappa shape index (κ1) is 29.2. The first-order chi connectivity index (χ1) is 19.5. The SMILES string of the molecule is CCCCC(CC)OC(=O)Nc1ccc(-c2nc3c(N=Nc4cc([N+](=O)[O-])ccc4O)c(C(C)(C)C)[nH]n3n2)cc1. The van der Waals surface area contributed by atoms with Gasteiger partial charge in [-0.1, -0.05) is 47.5 Å². The molecule has 0 saturated heterocycles. The van der Waals surface area contributed by atoms with Crippen LogP contribution in [-0.2, 0) is 10.2 Å². The number of carbonyl (C=O) groups excluding carboxylic acids is 1. The number of phenols is 1. The summed E-state index contributed by atoms with van der Waals surface area (Å²) in [5, 5.41) is 40.2. The second kappa shape index (κ2) is 12.1. The predicted octanol–water partition coefficient (Wildman–Crippen LogP) is 7.57. The number of phenolic OH excluding ortho intramolecular Hbond substituents is 1. The molecule has 0 radical (unpaired) electrons. The van der Waals surface area contributed by atoms with Gasteiger partial charge < -0.3 is 9.84 Å². The first-order valence-electron chi connectivity index (χ1n) is 13.5. The normalized spacial score (nSPS) is 12.6. The van der Waals surface area contributed by atoms with Crippen molar-refractivity contribution in [1.29, 1.82) is 0 Å². The molecule has 216 valence electrons. The molecular formula is C28H34N8O5. The van der Waals surface area contributed by atoms with Gasteiger partial charge in [0.05, 0.1) is 10.6 Å². The fourth-order valence-electron chi connectivity index (χ4n) is 4.14. The lowest BCUT2D eigenvalue weighted by Gasteiger charge is -2.16. The van der Waals surface area contributed by atoms with Crippen molar-refractivity contribution in [1.82, 2.24) is 19.8 Å². The van der Waals surface area contributed by atoms with E-state index in [1.54, 1.807) is 24.3 Å². The summed E-state index contributed by atoms with van der Waals surface area (Å²) in [5.74, 6) is 0.167. The van der Waals surface area contributed by atoms with Crippen LogP contribution in [0.4, 0.5) is 27.5 Å². The highest BCUT2D eigenvalue weighted by molar-refractivity contribution is 5.85. The molecule has 13 heteroatoms. The Morgan fingerprint density at radius 3 is 2.56 bits per heavy atom. The molecule has 1 unspecified atom stereocenters. The van der Waals surface area contributed by atoms with E-state index in [-0.39, 0.29) is 23.2 Å². The van der Waals surface area contributed by atoms with Gasteiger partial charge in [-0.05, 0) is 43.2 Å². The summed E-state index contributed by atoms with van der Waals surface area (Å²) in [6.45, 7) is 10.0. The van der Waals surface area contributed by atoms with Gasteiger partial charge in [0, 0.05) is 28.8 Å². The standard InChI is InChI=1S/C28H34N8O5/c1-6-8-9-20(7-2)41-27(38)29-18-12-10-17(11-13-18)25-30-26-23(24(28(3,4)5)33-35(26)34-25)32-31-21-16-19(36(39)40)14-15-22(21)37/h10-16,20,33,37H,6-9H2,1-5H3,(H,29,38). The average molecular weight is 563 g/mol. The number of nitrogens with one attached hydrogen (secondary N) is 2. The van der Waals surface area contributed by atoms with Crippen LogP contribution in [0.3, 0.4) is 0 Å². The number of H-pyrrole nitrogens is 1. The summed E-state index contributed by atoms with van der Waals surface area (Å²) in [5.41, 5.74) is 2.09. The Morgan fingerprint density at radius 2 is 1.93 bits per heavy atom. The summed E-state index contributed by atoms with van der Waals surface area (Å²) >= 11 is 0. The number of hydrogen-bond acceptors (Lipinski definition) is 9. The number of aromatic nitrogens is 4. The lowest BCUT2D eigenvalue weighted by molar-refractivity contribution is -0.384. The number of anilines is 1. The Labute approximate surface area is 236 Å². The van der Waals surface area contributed by atoms with Gasteiger partial charge in [-0.3, -0.25) is 20.5 Å². The number of unbranched alkanes of at least 4 members (excludes halogenated alkanes) is 1. The fourth-order valence-corrected chi connectivity index (χ4v) is 4.14. The van der Waals surface area contributed by atoms with Gasteiger partial charge in [-0.2, -0.15) is 4.63 Å². The van der Waals surface area contributed by atoms with Gasteiger partial charge >= 0.3 is 6.09 Å². The van der Waals surface area contributed by atoms with Gasteiger partial charge in [-0.15, -0.1) is 15.3 Å². The summed E-state index contributed by atoms with van der Waals surface area (Å²) in [6.07, 6.45) is 3.04. The number of ether oxygens (including phenoxy) is 1. The molecule has 0 spiro atoms. The molecule has 0 bridgehead atoms. The van der Waals surface area contributed by atoms with Crippen molar-refractivity contribution in [2.75, 3.05) is 5.32 Å². The van der Waals surface area contributed by atoms with Crippen molar-refractivity contribution in [3.8, 4) is 17.1 Å². The van der Waals surface area contributed by atoms with Crippen molar-refractivity contribution < 1.29 is 19.6 Å². The number of nitro groups is 1. The van der Waals surface area contributed by atoms with Crippen LogP contribution < -0.4 is 5.32 Å². The second-order valence-corrected chi connectivity index (χ2v) is 10.7. The smallest absolute Gasteiger partial charge is 0.411 e. The highest BCUT2D eigenvalue weighted by atomic mass is 16.6. The molecule has 4 aromatic rings. The number of benzene rings is 2. The third-order valence-corrected chi connectivity index (χ3v) is 6.45. The number of nitrogens with zero attached hydrogens (tertiary/aromatic N) is 6. The molecule has 1 amide bonds. The monoisotopic (exact) mass is 562 g/mol. The van der Waals surface area contributed by atoms with E-state index in [1.807, 2.05) is 27.7 Å². The Kier molecular flexibility index (Phi) is 8.65. The van der Waals surface area contributed by atoms with E-state index in [0.29, 0.717) is 34.1 Å².